The minimum Gasteiger partial charge on any atom is -0.480 e. The summed E-state index contributed by atoms with van der Waals surface area (Å²) >= 11 is 0. The number of hydrogen-bond donors (Lipinski definition) is 5. The number of rotatable bonds is 10. The zero-order valence-corrected chi connectivity index (χ0v) is 14.1. The number of primary amides is 1. The highest BCUT2D eigenvalue weighted by molar-refractivity contribution is 5.93. The number of amides is 3. The highest BCUT2D eigenvalue weighted by atomic mass is 16.4. The minimum absolute atomic E-state index is 0.264. The van der Waals surface area contributed by atoms with Crippen LogP contribution in [0.25, 0.3) is 0 Å². The third kappa shape index (κ3) is 6.31. The number of aliphatic carboxylic acids is 1. The Kier molecular flexibility index (Phi) is 8.29. The van der Waals surface area contributed by atoms with Gasteiger partial charge < -0.3 is 32.5 Å². The van der Waals surface area contributed by atoms with Crippen LogP contribution in [0.1, 0.15) is 38.5 Å². The molecule has 3 atom stereocenters. The van der Waals surface area contributed by atoms with Crippen LogP contribution >= 0.6 is 0 Å². The van der Waals surface area contributed by atoms with Gasteiger partial charge in [-0.2, -0.15) is 0 Å². The lowest BCUT2D eigenvalue weighted by molar-refractivity contribution is -0.144. The van der Waals surface area contributed by atoms with Crippen molar-refractivity contribution in [3.05, 3.63) is 0 Å². The van der Waals surface area contributed by atoms with Crippen molar-refractivity contribution in [2.24, 2.45) is 17.2 Å². The Hall–Kier alpha value is -2.20. The maximum absolute atomic E-state index is 12.4. The zero-order valence-electron chi connectivity index (χ0n) is 14.1. The molecule has 10 nitrogen and oxygen atoms in total. The summed E-state index contributed by atoms with van der Waals surface area (Å²) in [5, 5.41) is 11.7. The fourth-order valence-corrected chi connectivity index (χ4v) is 2.84. The van der Waals surface area contributed by atoms with Crippen molar-refractivity contribution in [3.63, 3.8) is 0 Å². The second-order valence-corrected chi connectivity index (χ2v) is 6.15. The third-order valence-electron chi connectivity index (χ3n) is 4.14. The molecule has 0 radical (unpaired) electrons. The largest absolute Gasteiger partial charge is 0.480 e. The molecule has 0 aromatic heterocycles. The highest BCUT2D eigenvalue weighted by Gasteiger charge is 2.37. The Bertz CT molecular complexity index is 513. The van der Waals surface area contributed by atoms with E-state index in [1.165, 1.54) is 4.90 Å². The van der Waals surface area contributed by atoms with Crippen molar-refractivity contribution in [2.75, 3.05) is 13.1 Å². The van der Waals surface area contributed by atoms with Gasteiger partial charge in [-0.3, -0.25) is 14.4 Å². The van der Waals surface area contributed by atoms with Crippen molar-refractivity contribution in [3.8, 4) is 0 Å². The third-order valence-corrected chi connectivity index (χ3v) is 4.14. The maximum Gasteiger partial charge on any atom is 0.326 e. The Labute approximate surface area is 146 Å². The Morgan fingerprint density at radius 2 is 1.92 bits per heavy atom. The van der Waals surface area contributed by atoms with E-state index in [9.17, 15) is 24.3 Å². The number of likely N-dealkylation sites (tertiary alicyclic amines) is 1. The summed E-state index contributed by atoms with van der Waals surface area (Å²) in [6.07, 6.45) is 2.20. The lowest BCUT2D eigenvalue weighted by Gasteiger charge is -2.27. The molecule has 3 unspecified atom stereocenters. The van der Waals surface area contributed by atoms with Crippen LogP contribution in [0.3, 0.4) is 0 Å². The lowest BCUT2D eigenvalue weighted by atomic mass is 10.1. The van der Waals surface area contributed by atoms with Gasteiger partial charge in [0.05, 0.1) is 12.5 Å². The first-order valence-electron chi connectivity index (χ1n) is 8.35. The average molecular weight is 357 g/mol. The molecule has 0 aromatic rings. The van der Waals surface area contributed by atoms with Crippen LogP contribution in [0, 0.1) is 0 Å². The lowest BCUT2D eigenvalue weighted by Crippen LogP contribution is -2.54. The Morgan fingerprint density at radius 1 is 1.24 bits per heavy atom. The Morgan fingerprint density at radius 3 is 2.48 bits per heavy atom. The van der Waals surface area contributed by atoms with E-state index in [-0.39, 0.29) is 12.8 Å². The number of nitrogens with zero attached hydrogens (tertiary/aromatic N) is 1. The number of hydrogen-bond acceptors (Lipinski definition) is 6. The molecule has 142 valence electrons. The molecular weight excluding hydrogens is 330 g/mol. The van der Waals surface area contributed by atoms with Crippen LogP contribution in [0.4, 0.5) is 0 Å². The van der Waals surface area contributed by atoms with E-state index in [1.807, 2.05) is 0 Å². The van der Waals surface area contributed by atoms with Crippen LogP contribution in [0.15, 0.2) is 0 Å². The van der Waals surface area contributed by atoms with Crippen molar-refractivity contribution >= 4 is 23.7 Å². The van der Waals surface area contributed by atoms with Crippen LogP contribution in [-0.2, 0) is 19.2 Å². The van der Waals surface area contributed by atoms with Gasteiger partial charge in [-0.1, -0.05) is 0 Å². The zero-order chi connectivity index (χ0) is 19.0. The highest BCUT2D eigenvalue weighted by Crippen LogP contribution is 2.19. The van der Waals surface area contributed by atoms with Crippen molar-refractivity contribution in [1.82, 2.24) is 10.2 Å². The second-order valence-electron chi connectivity index (χ2n) is 6.15. The van der Waals surface area contributed by atoms with Gasteiger partial charge in [-0.25, -0.2) is 4.79 Å². The first-order chi connectivity index (χ1) is 11.8. The van der Waals surface area contributed by atoms with E-state index in [0.717, 1.165) is 0 Å². The van der Waals surface area contributed by atoms with E-state index in [0.29, 0.717) is 38.8 Å². The van der Waals surface area contributed by atoms with E-state index < -0.39 is 41.8 Å². The number of nitrogens with two attached hydrogens (primary N) is 3. The van der Waals surface area contributed by atoms with Crippen molar-refractivity contribution in [2.45, 2.75) is 56.7 Å². The molecule has 1 rings (SSSR count). The van der Waals surface area contributed by atoms with Gasteiger partial charge >= 0.3 is 5.97 Å². The molecule has 1 heterocycles. The summed E-state index contributed by atoms with van der Waals surface area (Å²) in [4.78, 5) is 48.2. The molecule has 3 amide bonds. The second kappa shape index (κ2) is 9.94. The predicted octanol–water partition coefficient (Wildman–Crippen LogP) is -2.12. The fourth-order valence-electron chi connectivity index (χ4n) is 2.84. The van der Waals surface area contributed by atoms with Gasteiger partial charge in [0.2, 0.25) is 17.7 Å². The molecule has 0 bridgehead atoms. The number of unbranched alkanes of at least 4 members (excludes halogenated alkanes) is 1. The fraction of sp³-hybridized carbons (Fsp3) is 0.733. The van der Waals surface area contributed by atoms with Crippen LogP contribution in [-0.4, -0.2) is 64.9 Å². The molecule has 0 spiro atoms. The van der Waals surface area contributed by atoms with Gasteiger partial charge in [0.15, 0.2) is 0 Å². The van der Waals surface area contributed by atoms with E-state index >= 15 is 0 Å². The molecule has 1 saturated heterocycles. The number of carboxylic acids is 1. The molecular formula is C15H27N5O5. The van der Waals surface area contributed by atoms with Gasteiger partial charge in [-0.15, -0.1) is 0 Å². The molecule has 1 aliphatic rings. The Balaban J connectivity index is 2.69. The minimum atomic E-state index is -1.13. The summed E-state index contributed by atoms with van der Waals surface area (Å²) < 4.78 is 0. The summed E-state index contributed by atoms with van der Waals surface area (Å²) in [7, 11) is 0. The molecule has 0 saturated carbocycles. The molecule has 25 heavy (non-hydrogen) atoms. The van der Waals surface area contributed by atoms with E-state index in [4.69, 9.17) is 17.2 Å². The van der Waals surface area contributed by atoms with Gasteiger partial charge in [0.1, 0.15) is 12.1 Å². The van der Waals surface area contributed by atoms with E-state index in [1.54, 1.807) is 0 Å². The predicted molar refractivity (Wildman–Crippen MR) is 89.0 cm³/mol. The smallest absolute Gasteiger partial charge is 0.326 e. The molecule has 8 N–H and O–H groups in total. The summed E-state index contributed by atoms with van der Waals surface area (Å²) in [6, 6.07) is -2.93. The normalized spacial score (nSPS) is 19.3. The summed E-state index contributed by atoms with van der Waals surface area (Å²) in [5.41, 5.74) is 16.1. The first-order valence-corrected chi connectivity index (χ1v) is 8.35. The SMILES string of the molecule is NCCCCC(NC(=O)C1CCCN1C(=O)C(N)CC(N)=O)C(=O)O. The molecule has 1 aliphatic heterocycles. The molecule has 0 aromatic carbocycles. The molecule has 1 fully saturated rings. The maximum atomic E-state index is 12.4. The molecule has 0 aliphatic carbocycles. The number of nitrogens with one attached hydrogen (secondary N) is 1. The number of carbonyl (C=O) groups excluding carboxylic acids is 3. The quantitative estimate of drug-likeness (QED) is 0.277. The first kappa shape index (κ1) is 20.8. The van der Waals surface area contributed by atoms with Crippen LogP contribution in [0.5, 0.6) is 0 Å². The topological polar surface area (TPSA) is 182 Å². The van der Waals surface area contributed by atoms with Crippen LogP contribution < -0.4 is 22.5 Å². The standard InChI is InChI=1S/C15H27N5O5/c16-6-2-1-4-10(15(24)25)19-13(22)11-5-3-7-20(11)14(23)9(17)8-12(18)21/h9-11H,1-8,16-17H2,(H2,18,21)(H,19,22)(H,24,25). The number of carbonyl (C=O) groups is 4. The monoisotopic (exact) mass is 357 g/mol. The van der Waals surface area contributed by atoms with Gasteiger partial charge in [-0.05, 0) is 38.6 Å². The van der Waals surface area contributed by atoms with Gasteiger partial charge in [0, 0.05) is 6.54 Å². The van der Waals surface area contributed by atoms with Crippen LogP contribution in [0.2, 0.25) is 0 Å². The van der Waals surface area contributed by atoms with Crippen molar-refractivity contribution in [1.29, 1.82) is 0 Å². The number of carboxylic acid groups (broad SMARTS) is 1. The summed E-state index contributed by atoms with van der Waals surface area (Å²) in [6.45, 7) is 0.775. The van der Waals surface area contributed by atoms with Gasteiger partial charge in [0.25, 0.3) is 0 Å². The molecule has 10 heteroatoms. The summed E-state index contributed by atoms with van der Waals surface area (Å²) in [5.74, 6) is -2.90. The van der Waals surface area contributed by atoms with Crippen molar-refractivity contribution < 1.29 is 24.3 Å². The average Bonchev–Trinajstić information content (AvgIpc) is 3.01. The van der Waals surface area contributed by atoms with E-state index in [2.05, 4.69) is 5.32 Å².